The van der Waals surface area contributed by atoms with Crippen LogP contribution in [0.4, 0.5) is 13.6 Å². The van der Waals surface area contributed by atoms with Crippen LogP contribution in [0.5, 0.6) is 0 Å². The first kappa shape index (κ1) is 21.6. The van der Waals surface area contributed by atoms with E-state index in [2.05, 4.69) is 10.3 Å². The molecule has 3 rings (SSSR count). The molecule has 5 nitrogen and oxygen atoms in total. The fourth-order valence-electron chi connectivity index (χ4n) is 3.22. The van der Waals surface area contributed by atoms with Gasteiger partial charge < -0.3 is 15.2 Å². The van der Waals surface area contributed by atoms with E-state index in [0.717, 1.165) is 17.5 Å². The average Bonchev–Trinajstić information content (AvgIpc) is 2.65. The van der Waals surface area contributed by atoms with Gasteiger partial charge >= 0.3 is 6.09 Å². The molecule has 1 amide bonds. The first-order chi connectivity index (χ1) is 14.1. The van der Waals surface area contributed by atoms with E-state index >= 15 is 0 Å². The number of pyridine rings is 1. The third-order valence-electron chi connectivity index (χ3n) is 4.62. The van der Waals surface area contributed by atoms with E-state index in [9.17, 15) is 18.7 Å². The molecule has 0 aliphatic heterocycles. The molecular weight excluding hydrogens is 390 g/mol. The number of fused-ring (bicyclic) bond motifs is 1. The summed E-state index contributed by atoms with van der Waals surface area (Å²) in [5.41, 5.74) is -0.552. The molecule has 1 unspecified atom stereocenters. The van der Waals surface area contributed by atoms with Crippen molar-refractivity contribution in [1.29, 1.82) is 0 Å². The van der Waals surface area contributed by atoms with E-state index in [1.807, 2.05) is 0 Å². The maximum atomic E-state index is 14.9. The van der Waals surface area contributed by atoms with Crippen LogP contribution in [0.15, 0.2) is 48.8 Å². The van der Waals surface area contributed by atoms with Crippen LogP contribution >= 0.6 is 0 Å². The summed E-state index contributed by atoms with van der Waals surface area (Å²) in [6, 6.07) is 8.32. The lowest BCUT2D eigenvalue weighted by Crippen LogP contribution is -2.34. The van der Waals surface area contributed by atoms with E-state index in [4.69, 9.17) is 4.74 Å². The summed E-state index contributed by atoms with van der Waals surface area (Å²) < 4.78 is 34.9. The van der Waals surface area contributed by atoms with Crippen molar-refractivity contribution in [3.63, 3.8) is 0 Å². The SMILES string of the molecule is C[C@@H](NC(=O)OC(C)(C)C)c1cc(F)c(C(O)c2cccc3cnccc23)c(F)c1. The van der Waals surface area contributed by atoms with E-state index < -0.39 is 41.0 Å². The Labute approximate surface area is 173 Å². The monoisotopic (exact) mass is 414 g/mol. The number of aromatic nitrogens is 1. The number of carbonyl (C=O) groups excluding carboxylic acids is 1. The summed E-state index contributed by atoms with van der Waals surface area (Å²) in [5.74, 6) is -1.80. The Hall–Kier alpha value is -3.06. The third kappa shape index (κ3) is 4.74. The number of aliphatic hydroxyl groups is 1. The number of alkyl carbamates (subject to hydrolysis) is 1. The Morgan fingerprint density at radius 1 is 1.17 bits per heavy atom. The number of hydrogen-bond acceptors (Lipinski definition) is 4. The van der Waals surface area contributed by atoms with Crippen LogP contribution in [0.25, 0.3) is 10.8 Å². The van der Waals surface area contributed by atoms with Gasteiger partial charge in [-0.2, -0.15) is 0 Å². The second kappa shape index (κ2) is 8.36. The largest absolute Gasteiger partial charge is 0.444 e. The maximum absolute atomic E-state index is 14.9. The van der Waals surface area contributed by atoms with Gasteiger partial charge in [0, 0.05) is 17.8 Å². The topological polar surface area (TPSA) is 71.5 Å². The normalized spacial score (nSPS) is 13.7. The number of benzene rings is 2. The van der Waals surface area contributed by atoms with Crippen molar-refractivity contribution in [2.24, 2.45) is 0 Å². The van der Waals surface area contributed by atoms with Gasteiger partial charge in [-0.1, -0.05) is 18.2 Å². The lowest BCUT2D eigenvalue weighted by molar-refractivity contribution is 0.0507. The Morgan fingerprint density at radius 2 is 1.83 bits per heavy atom. The van der Waals surface area contributed by atoms with Crippen LogP contribution in [-0.4, -0.2) is 21.8 Å². The molecule has 0 spiro atoms. The molecule has 0 aliphatic rings. The molecule has 158 valence electrons. The molecule has 0 saturated heterocycles. The molecule has 0 radical (unpaired) electrons. The molecule has 3 aromatic rings. The lowest BCUT2D eigenvalue weighted by Gasteiger charge is -2.23. The van der Waals surface area contributed by atoms with Crippen molar-refractivity contribution in [2.75, 3.05) is 0 Å². The van der Waals surface area contributed by atoms with Crippen LogP contribution in [-0.2, 0) is 4.74 Å². The number of carbonyl (C=O) groups is 1. The number of halogens is 2. The minimum absolute atomic E-state index is 0.217. The van der Waals surface area contributed by atoms with Gasteiger partial charge in [0.25, 0.3) is 0 Å². The Balaban J connectivity index is 1.90. The molecule has 30 heavy (non-hydrogen) atoms. The molecular formula is C23H24F2N2O3. The Morgan fingerprint density at radius 3 is 2.47 bits per heavy atom. The van der Waals surface area contributed by atoms with E-state index in [1.54, 1.807) is 64.4 Å². The fourth-order valence-corrected chi connectivity index (χ4v) is 3.22. The third-order valence-corrected chi connectivity index (χ3v) is 4.62. The summed E-state index contributed by atoms with van der Waals surface area (Å²) in [4.78, 5) is 16.0. The summed E-state index contributed by atoms with van der Waals surface area (Å²) in [6.45, 7) is 6.74. The minimum atomic E-state index is -1.50. The van der Waals surface area contributed by atoms with Crippen molar-refractivity contribution in [1.82, 2.24) is 10.3 Å². The van der Waals surface area contributed by atoms with Crippen LogP contribution in [0.1, 0.15) is 56.5 Å². The quantitative estimate of drug-likeness (QED) is 0.617. The number of rotatable bonds is 4. The van der Waals surface area contributed by atoms with E-state index in [0.29, 0.717) is 10.9 Å². The summed E-state index contributed by atoms with van der Waals surface area (Å²) in [5, 5.41) is 14.7. The van der Waals surface area contributed by atoms with Crippen molar-refractivity contribution in [3.05, 3.63) is 77.1 Å². The van der Waals surface area contributed by atoms with Crippen molar-refractivity contribution in [3.8, 4) is 0 Å². The molecule has 0 aliphatic carbocycles. The molecule has 0 bridgehead atoms. The second-order valence-corrected chi connectivity index (χ2v) is 8.11. The molecule has 1 heterocycles. The zero-order chi connectivity index (χ0) is 22.1. The standard InChI is InChI=1S/C23H24F2N2O3/c1-13(27-22(29)30-23(2,3)4)15-10-18(24)20(19(25)11-15)21(28)17-7-5-6-14-12-26-9-8-16(14)17/h5-13,21,28H,1-4H3,(H,27,29)/t13-,21?/m1/s1. The van der Waals surface area contributed by atoms with Gasteiger partial charge in [-0.15, -0.1) is 0 Å². The van der Waals surface area contributed by atoms with Crippen LogP contribution < -0.4 is 5.32 Å². The zero-order valence-electron chi connectivity index (χ0n) is 17.2. The van der Waals surface area contributed by atoms with Gasteiger partial charge in [-0.05, 0) is 62.4 Å². The number of aliphatic hydroxyl groups excluding tert-OH is 1. The number of hydrogen-bond donors (Lipinski definition) is 2. The summed E-state index contributed by atoms with van der Waals surface area (Å²) in [6.07, 6.45) is 0.979. The smallest absolute Gasteiger partial charge is 0.408 e. The highest BCUT2D eigenvalue weighted by Crippen LogP contribution is 2.33. The molecule has 2 aromatic carbocycles. The van der Waals surface area contributed by atoms with Gasteiger partial charge in [-0.3, -0.25) is 4.98 Å². The highest BCUT2D eigenvalue weighted by molar-refractivity contribution is 5.85. The number of ether oxygens (including phenoxy) is 1. The highest BCUT2D eigenvalue weighted by Gasteiger charge is 2.24. The lowest BCUT2D eigenvalue weighted by atomic mass is 9.94. The summed E-state index contributed by atoms with van der Waals surface area (Å²) >= 11 is 0. The van der Waals surface area contributed by atoms with Crippen LogP contribution in [0.2, 0.25) is 0 Å². The van der Waals surface area contributed by atoms with Gasteiger partial charge in [0.15, 0.2) is 0 Å². The van der Waals surface area contributed by atoms with Crippen molar-refractivity contribution >= 4 is 16.9 Å². The van der Waals surface area contributed by atoms with E-state index in [-0.39, 0.29) is 5.56 Å². The first-order valence-corrected chi connectivity index (χ1v) is 9.56. The van der Waals surface area contributed by atoms with Gasteiger partial charge in [0.1, 0.15) is 23.3 Å². The van der Waals surface area contributed by atoms with Gasteiger partial charge in [0.2, 0.25) is 0 Å². The minimum Gasteiger partial charge on any atom is -0.444 e. The molecule has 2 N–H and O–H groups in total. The fraction of sp³-hybridized carbons (Fsp3) is 0.304. The molecule has 7 heteroatoms. The highest BCUT2D eigenvalue weighted by atomic mass is 19.1. The maximum Gasteiger partial charge on any atom is 0.408 e. The number of amides is 1. The average molecular weight is 414 g/mol. The van der Waals surface area contributed by atoms with E-state index in [1.165, 1.54) is 0 Å². The molecule has 1 aromatic heterocycles. The summed E-state index contributed by atoms with van der Waals surface area (Å²) in [7, 11) is 0. The number of nitrogens with one attached hydrogen (secondary N) is 1. The second-order valence-electron chi connectivity index (χ2n) is 8.11. The van der Waals surface area contributed by atoms with Gasteiger partial charge in [0.05, 0.1) is 11.6 Å². The Bertz CT molecular complexity index is 1050. The van der Waals surface area contributed by atoms with Gasteiger partial charge in [-0.25, -0.2) is 13.6 Å². The molecule has 0 fully saturated rings. The number of nitrogens with zero attached hydrogens (tertiary/aromatic N) is 1. The van der Waals surface area contributed by atoms with Crippen LogP contribution in [0.3, 0.4) is 0 Å². The predicted octanol–water partition coefficient (Wildman–Crippen LogP) is 5.18. The Kier molecular flexibility index (Phi) is 6.03. The molecule has 0 saturated carbocycles. The van der Waals surface area contributed by atoms with Crippen molar-refractivity contribution in [2.45, 2.75) is 45.4 Å². The van der Waals surface area contributed by atoms with Crippen LogP contribution in [0, 0.1) is 11.6 Å². The first-order valence-electron chi connectivity index (χ1n) is 9.56. The predicted molar refractivity (Wildman–Crippen MR) is 110 cm³/mol. The molecule has 2 atom stereocenters. The zero-order valence-corrected chi connectivity index (χ0v) is 17.2. The van der Waals surface area contributed by atoms with Crippen molar-refractivity contribution < 1.29 is 23.4 Å².